The number of thiocyanates is 1. The van der Waals surface area contributed by atoms with Crippen LogP contribution in [0, 0.1) is 28.1 Å². The van der Waals surface area contributed by atoms with Crippen LogP contribution in [0.25, 0.3) is 10.2 Å². The molecule has 1 amide bonds. The second-order valence-corrected chi connectivity index (χ2v) is 10.8. The molecular formula is C28H23IN6O2S2. The number of rotatable bonds is 3. The van der Waals surface area contributed by atoms with Gasteiger partial charge in [0.25, 0.3) is 5.91 Å². The molecule has 0 aliphatic heterocycles. The van der Waals surface area contributed by atoms with E-state index in [4.69, 9.17) is 11.0 Å². The van der Waals surface area contributed by atoms with E-state index >= 15 is 0 Å². The number of hydrogen-bond acceptors (Lipinski definition) is 9. The van der Waals surface area contributed by atoms with Crippen LogP contribution in [0.4, 0.5) is 10.8 Å². The lowest BCUT2D eigenvalue weighted by Crippen LogP contribution is -2.11. The summed E-state index contributed by atoms with van der Waals surface area (Å²) in [5.41, 5.74) is 10.2. The normalized spacial score (nSPS) is 9.79. The number of benzene rings is 2. The average molecular weight is 667 g/mol. The number of anilines is 2. The molecule has 196 valence electrons. The summed E-state index contributed by atoms with van der Waals surface area (Å²) in [5.74, 6) is -0.149. The van der Waals surface area contributed by atoms with Crippen molar-refractivity contribution in [2.45, 2.75) is 13.8 Å². The molecule has 3 heterocycles. The largest absolute Gasteiger partial charge is 0.397 e. The second-order valence-electron chi connectivity index (χ2n) is 7.83. The standard InChI is InChI=1S/C14H11N3OS.C8H5NOS.C6H7IN2/c1-9-7-12-11(8-15-9)16-14(19-12)17-13(18)10-5-3-2-4-6-10;9-6-11-8(10)7-4-2-1-3-5-7;1-4-2-5(7)6(8)3-9-4/h2-8H,1H3,(H,16,17,18);1-5H;2-3H,8H2,1H3. The van der Waals surface area contributed by atoms with Crippen LogP contribution in [-0.4, -0.2) is 26.0 Å². The number of carbonyl (C=O) groups is 2. The first-order valence-corrected chi connectivity index (χ1v) is 14.1. The number of pyridine rings is 2. The Hall–Kier alpha value is -3.86. The molecule has 8 nitrogen and oxygen atoms in total. The van der Waals surface area contributed by atoms with Crippen molar-refractivity contribution in [3.05, 3.63) is 111 Å². The van der Waals surface area contributed by atoms with E-state index in [-0.39, 0.29) is 11.0 Å². The van der Waals surface area contributed by atoms with E-state index in [1.54, 1.807) is 54.2 Å². The Bertz CT molecular complexity index is 1610. The van der Waals surface area contributed by atoms with E-state index in [1.165, 1.54) is 11.3 Å². The first kappa shape index (κ1) is 29.7. The maximum Gasteiger partial charge on any atom is 0.257 e. The van der Waals surface area contributed by atoms with E-state index in [9.17, 15) is 9.59 Å². The number of aromatic nitrogens is 3. The van der Waals surface area contributed by atoms with Crippen LogP contribution in [0.5, 0.6) is 0 Å². The van der Waals surface area contributed by atoms with Gasteiger partial charge in [-0.3, -0.25) is 24.9 Å². The number of nitrogens with two attached hydrogens (primary N) is 1. The number of thioether (sulfide) groups is 1. The summed E-state index contributed by atoms with van der Waals surface area (Å²) in [6.07, 6.45) is 3.40. The van der Waals surface area contributed by atoms with Crippen molar-refractivity contribution in [3.63, 3.8) is 0 Å². The molecule has 11 heteroatoms. The lowest BCUT2D eigenvalue weighted by molar-refractivity contribution is 0.102. The zero-order chi connectivity index (χ0) is 28.2. The average Bonchev–Trinajstić information content (AvgIpc) is 3.34. The Labute approximate surface area is 247 Å². The quantitative estimate of drug-likeness (QED) is 0.157. The second kappa shape index (κ2) is 14.9. The smallest absolute Gasteiger partial charge is 0.257 e. The minimum atomic E-state index is -0.201. The number of nitrogens with one attached hydrogen (secondary N) is 1. The van der Waals surface area contributed by atoms with Gasteiger partial charge in [0.1, 0.15) is 10.9 Å². The molecule has 0 fully saturated rings. The van der Waals surface area contributed by atoms with Crippen molar-refractivity contribution in [2.24, 2.45) is 0 Å². The Morgan fingerprint density at radius 1 is 0.949 bits per heavy atom. The van der Waals surface area contributed by atoms with Crippen LogP contribution in [0.2, 0.25) is 0 Å². The van der Waals surface area contributed by atoms with E-state index in [0.717, 1.165) is 30.9 Å². The van der Waals surface area contributed by atoms with Gasteiger partial charge in [-0.05, 0) is 60.7 Å². The summed E-state index contributed by atoms with van der Waals surface area (Å²) >= 11 is 4.29. The topological polar surface area (TPSA) is 135 Å². The lowest BCUT2D eigenvalue weighted by Gasteiger charge is -2.00. The Morgan fingerprint density at radius 2 is 1.54 bits per heavy atom. The van der Waals surface area contributed by atoms with Crippen molar-refractivity contribution in [2.75, 3.05) is 11.1 Å². The summed E-state index contributed by atoms with van der Waals surface area (Å²) in [4.78, 5) is 35.5. The van der Waals surface area contributed by atoms with Crippen LogP contribution in [0.3, 0.4) is 0 Å². The highest BCUT2D eigenvalue weighted by Gasteiger charge is 2.09. The van der Waals surface area contributed by atoms with Gasteiger partial charge in [-0.1, -0.05) is 59.9 Å². The summed E-state index contributed by atoms with van der Waals surface area (Å²) in [7, 11) is 0. The van der Waals surface area contributed by atoms with Gasteiger partial charge in [-0.2, -0.15) is 5.26 Å². The third kappa shape index (κ3) is 9.43. The number of halogens is 1. The predicted molar refractivity (Wildman–Crippen MR) is 167 cm³/mol. The molecular weight excluding hydrogens is 643 g/mol. The molecule has 3 N–H and O–H groups in total. The summed E-state index contributed by atoms with van der Waals surface area (Å²) in [6, 6.07) is 21.7. The van der Waals surface area contributed by atoms with Gasteiger partial charge >= 0.3 is 0 Å². The van der Waals surface area contributed by atoms with Gasteiger partial charge in [0.15, 0.2) is 5.13 Å². The SMILES string of the molecule is Cc1cc(I)c(N)cn1.Cc1cc2sc(NC(=O)c3ccccc3)nc2cn1.N#CSC(=O)c1ccccc1. The third-order valence-electron chi connectivity index (χ3n) is 4.83. The van der Waals surface area contributed by atoms with Crippen LogP contribution in [-0.2, 0) is 0 Å². The van der Waals surface area contributed by atoms with E-state index in [0.29, 0.717) is 28.0 Å². The summed E-state index contributed by atoms with van der Waals surface area (Å²) in [5, 5.41) is 13.1. The minimum absolute atomic E-state index is 0.149. The summed E-state index contributed by atoms with van der Waals surface area (Å²) in [6.45, 7) is 3.88. The molecule has 0 aliphatic carbocycles. The highest BCUT2D eigenvalue weighted by atomic mass is 127. The fourth-order valence-corrected chi connectivity index (χ4v) is 4.81. The molecule has 0 bridgehead atoms. The molecule has 0 atom stereocenters. The molecule has 5 rings (SSSR count). The molecule has 0 radical (unpaired) electrons. The van der Waals surface area contributed by atoms with Crippen molar-refractivity contribution < 1.29 is 9.59 Å². The highest BCUT2D eigenvalue weighted by Crippen LogP contribution is 2.26. The number of nitrogen functional groups attached to an aromatic ring is 1. The fourth-order valence-electron chi connectivity index (χ4n) is 2.95. The van der Waals surface area contributed by atoms with Crippen molar-refractivity contribution in [1.82, 2.24) is 15.0 Å². The van der Waals surface area contributed by atoms with Gasteiger partial charge in [0.2, 0.25) is 5.12 Å². The van der Waals surface area contributed by atoms with Crippen LogP contribution in [0.1, 0.15) is 32.1 Å². The number of nitriles is 1. The fraction of sp³-hybridized carbons (Fsp3) is 0.0714. The molecule has 2 aromatic carbocycles. The van der Waals surface area contributed by atoms with Gasteiger partial charge < -0.3 is 5.73 Å². The number of thiazole rings is 1. The first-order chi connectivity index (χ1) is 18.8. The number of nitrogens with zero attached hydrogens (tertiary/aromatic N) is 4. The zero-order valence-corrected chi connectivity index (χ0v) is 24.8. The van der Waals surface area contributed by atoms with Gasteiger partial charge in [0, 0.05) is 37.8 Å². The molecule has 0 spiro atoms. The van der Waals surface area contributed by atoms with Gasteiger partial charge in [-0.15, -0.1) is 0 Å². The van der Waals surface area contributed by atoms with Gasteiger partial charge in [0.05, 0.1) is 22.8 Å². The van der Waals surface area contributed by atoms with E-state index < -0.39 is 0 Å². The number of aryl methyl sites for hydroxylation is 2. The maximum absolute atomic E-state index is 12.0. The van der Waals surface area contributed by atoms with Crippen molar-refractivity contribution >= 4 is 77.7 Å². The number of fused-ring (bicyclic) bond motifs is 1. The van der Waals surface area contributed by atoms with Crippen molar-refractivity contribution in [3.8, 4) is 5.40 Å². The highest BCUT2D eigenvalue weighted by molar-refractivity contribution is 14.1. The monoisotopic (exact) mass is 666 g/mol. The lowest BCUT2D eigenvalue weighted by atomic mass is 10.2. The summed E-state index contributed by atoms with van der Waals surface area (Å²) < 4.78 is 2.09. The molecule has 3 aromatic heterocycles. The minimum Gasteiger partial charge on any atom is -0.397 e. The molecule has 0 unspecified atom stereocenters. The third-order valence-corrected chi connectivity index (χ3v) is 7.21. The molecule has 0 saturated heterocycles. The molecule has 0 saturated carbocycles. The molecule has 5 aromatic rings. The molecule has 39 heavy (non-hydrogen) atoms. The van der Waals surface area contributed by atoms with Crippen LogP contribution in [0.15, 0.2) is 85.2 Å². The Balaban J connectivity index is 0.000000179. The maximum atomic E-state index is 12.0. The van der Waals surface area contributed by atoms with Crippen LogP contribution >= 0.6 is 45.7 Å². The van der Waals surface area contributed by atoms with Gasteiger partial charge in [-0.25, -0.2) is 4.98 Å². The Morgan fingerprint density at radius 3 is 2.13 bits per heavy atom. The molecule has 0 aliphatic rings. The zero-order valence-electron chi connectivity index (χ0n) is 21.0. The van der Waals surface area contributed by atoms with Crippen molar-refractivity contribution in [1.29, 1.82) is 5.26 Å². The first-order valence-electron chi connectivity index (χ1n) is 11.4. The predicted octanol–water partition coefficient (Wildman–Crippen LogP) is 6.87. The number of amides is 1. The number of carbonyl (C=O) groups excluding carboxylic acids is 2. The van der Waals surface area contributed by atoms with Crippen LogP contribution < -0.4 is 11.1 Å². The number of hydrogen-bond donors (Lipinski definition) is 2. The van der Waals surface area contributed by atoms with E-state index in [1.807, 2.05) is 50.2 Å². The Kier molecular flexibility index (Phi) is 11.4. The van der Waals surface area contributed by atoms with E-state index in [2.05, 4.69) is 42.9 Å².